The van der Waals surface area contributed by atoms with E-state index in [1.54, 1.807) is 0 Å². The molecule has 6 rings (SSSR count). The van der Waals surface area contributed by atoms with Crippen molar-refractivity contribution < 1.29 is 19.3 Å². The standard InChI is InChI=1S/C41H42O4/c1-38(2,3)30-26-28-35(29-27-30)43-41(33-22-14-8-15-23-33,34-24-16-9-17-25-34)37-36(44-39(4,5)45-37)40(42,31-18-10-6-11-19-31)32-20-12-7-13-21-32/h6-29,36-37,42H,1-5H3/t36-,37-/m1/s1. The molecule has 0 saturated carbocycles. The van der Waals surface area contributed by atoms with Gasteiger partial charge in [0.25, 0.3) is 0 Å². The maximum absolute atomic E-state index is 13.1. The maximum Gasteiger partial charge on any atom is 0.188 e. The Hall–Kier alpha value is -4.22. The Kier molecular flexibility index (Phi) is 8.17. The zero-order valence-corrected chi connectivity index (χ0v) is 26.7. The second kappa shape index (κ2) is 11.9. The Labute approximate surface area is 267 Å². The van der Waals surface area contributed by atoms with E-state index in [1.807, 2.05) is 123 Å². The van der Waals surface area contributed by atoms with Crippen molar-refractivity contribution in [3.63, 3.8) is 0 Å². The summed E-state index contributed by atoms with van der Waals surface area (Å²) in [6.45, 7) is 10.4. The number of hydrogen-bond donors (Lipinski definition) is 1. The molecule has 0 spiro atoms. The third-order valence-electron chi connectivity index (χ3n) is 8.74. The van der Waals surface area contributed by atoms with Crippen LogP contribution in [0.25, 0.3) is 0 Å². The van der Waals surface area contributed by atoms with Gasteiger partial charge in [0, 0.05) is 11.1 Å². The molecular weight excluding hydrogens is 556 g/mol. The molecule has 0 amide bonds. The van der Waals surface area contributed by atoms with Gasteiger partial charge >= 0.3 is 0 Å². The molecule has 4 nitrogen and oxygen atoms in total. The van der Waals surface area contributed by atoms with E-state index in [2.05, 4.69) is 57.2 Å². The quantitative estimate of drug-likeness (QED) is 0.194. The van der Waals surface area contributed by atoms with Crippen LogP contribution in [0.1, 0.15) is 62.4 Å². The maximum atomic E-state index is 13.1. The summed E-state index contributed by atoms with van der Waals surface area (Å²) in [4.78, 5) is 0. The Morgan fingerprint density at radius 2 is 0.889 bits per heavy atom. The summed E-state index contributed by atoms with van der Waals surface area (Å²) < 4.78 is 21.1. The summed E-state index contributed by atoms with van der Waals surface area (Å²) in [5, 5.41) is 13.1. The largest absolute Gasteiger partial charge is 0.475 e. The van der Waals surface area contributed by atoms with Crippen molar-refractivity contribution in [3.8, 4) is 5.75 Å². The van der Waals surface area contributed by atoms with Crippen molar-refractivity contribution >= 4 is 0 Å². The highest BCUT2D eigenvalue weighted by molar-refractivity contribution is 5.45. The molecule has 0 radical (unpaired) electrons. The monoisotopic (exact) mass is 598 g/mol. The van der Waals surface area contributed by atoms with Crippen LogP contribution in [0.5, 0.6) is 5.75 Å². The lowest BCUT2D eigenvalue weighted by atomic mass is 9.71. The van der Waals surface area contributed by atoms with Gasteiger partial charge in [-0.25, -0.2) is 0 Å². The number of ether oxygens (including phenoxy) is 3. The fourth-order valence-corrected chi connectivity index (χ4v) is 6.49. The molecule has 0 aliphatic carbocycles. The van der Waals surface area contributed by atoms with E-state index in [9.17, 15) is 5.11 Å². The fraction of sp³-hybridized carbons (Fsp3) is 0.268. The predicted octanol–water partition coefficient (Wildman–Crippen LogP) is 8.76. The number of hydrogen-bond acceptors (Lipinski definition) is 4. The highest BCUT2D eigenvalue weighted by Crippen LogP contribution is 2.52. The van der Waals surface area contributed by atoms with Gasteiger partial charge in [-0.05, 0) is 48.1 Å². The average molecular weight is 599 g/mol. The van der Waals surface area contributed by atoms with Crippen molar-refractivity contribution in [1.82, 2.24) is 0 Å². The predicted molar refractivity (Wildman–Crippen MR) is 179 cm³/mol. The molecule has 1 heterocycles. The molecule has 1 aliphatic heterocycles. The minimum atomic E-state index is -1.59. The second-order valence-corrected chi connectivity index (χ2v) is 13.3. The molecule has 230 valence electrons. The first-order valence-electron chi connectivity index (χ1n) is 15.6. The van der Waals surface area contributed by atoms with E-state index in [-0.39, 0.29) is 5.41 Å². The topological polar surface area (TPSA) is 47.9 Å². The van der Waals surface area contributed by atoms with E-state index < -0.39 is 29.2 Å². The molecule has 0 unspecified atom stereocenters. The molecule has 0 bridgehead atoms. The first kappa shape index (κ1) is 30.8. The first-order valence-corrected chi connectivity index (χ1v) is 15.6. The third-order valence-corrected chi connectivity index (χ3v) is 8.74. The van der Waals surface area contributed by atoms with Crippen LogP contribution in [-0.2, 0) is 26.1 Å². The smallest absolute Gasteiger partial charge is 0.188 e. The van der Waals surface area contributed by atoms with Crippen molar-refractivity contribution in [2.45, 2.75) is 69.2 Å². The van der Waals surface area contributed by atoms with Crippen molar-refractivity contribution in [2.24, 2.45) is 0 Å². The van der Waals surface area contributed by atoms with E-state index in [0.29, 0.717) is 16.9 Å². The summed E-state index contributed by atoms with van der Waals surface area (Å²) in [5.74, 6) is -0.355. The van der Waals surface area contributed by atoms with Crippen LogP contribution in [0.3, 0.4) is 0 Å². The number of benzene rings is 5. The van der Waals surface area contributed by atoms with Crippen LogP contribution in [0.15, 0.2) is 146 Å². The Morgan fingerprint density at radius 1 is 0.511 bits per heavy atom. The molecule has 1 fully saturated rings. The van der Waals surface area contributed by atoms with Gasteiger partial charge < -0.3 is 19.3 Å². The molecule has 5 aromatic carbocycles. The van der Waals surface area contributed by atoms with Gasteiger partial charge in [-0.1, -0.05) is 154 Å². The van der Waals surface area contributed by atoms with Crippen LogP contribution >= 0.6 is 0 Å². The van der Waals surface area contributed by atoms with Crippen molar-refractivity contribution in [2.75, 3.05) is 0 Å². The van der Waals surface area contributed by atoms with E-state index in [1.165, 1.54) is 5.56 Å². The molecule has 4 heteroatoms. The Balaban J connectivity index is 1.63. The van der Waals surface area contributed by atoms with Crippen molar-refractivity contribution in [1.29, 1.82) is 0 Å². The van der Waals surface area contributed by atoms with Gasteiger partial charge in [-0.15, -0.1) is 0 Å². The van der Waals surface area contributed by atoms with Gasteiger partial charge in [0.05, 0.1) is 0 Å². The van der Waals surface area contributed by atoms with Gasteiger partial charge in [0.2, 0.25) is 0 Å². The normalized spacial score (nSPS) is 18.4. The van der Waals surface area contributed by atoms with Gasteiger partial charge in [-0.3, -0.25) is 0 Å². The molecule has 1 aliphatic rings. The van der Waals surface area contributed by atoms with Crippen LogP contribution < -0.4 is 4.74 Å². The summed E-state index contributed by atoms with van der Waals surface area (Å²) in [7, 11) is 0. The lowest BCUT2D eigenvalue weighted by molar-refractivity contribution is -0.170. The lowest BCUT2D eigenvalue weighted by Gasteiger charge is -2.45. The van der Waals surface area contributed by atoms with E-state index in [0.717, 1.165) is 11.1 Å². The molecule has 0 aromatic heterocycles. The van der Waals surface area contributed by atoms with E-state index >= 15 is 0 Å². The van der Waals surface area contributed by atoms with Gasteiger partial charge in [-0.2, -0.15) is 0 Å². The first-order chi connectivity index (χ1) is 21.5. The van der Waals surface area contributed by atoms with Crippen molar-refractivity contribution in [3.05, 3.63) is 173 Å². The minimum absolute atomic E-state index is 0.00609. The molecular formula is C41H42O4. The summed E-state index contributed by atoms with van der Waals surface area (Å²) in [6, 6.07) is 48.0. The molecule has 2 atom stereocenters. The summed E-state index contributed by atoms with van der Waals surface area (Å²) in [6.07, 6.45) is -1.68. The summed E-state index contributed by atoms with van der Waals surface area (Å²) in [5.41, 5.74) is 1.58. The number of rotatable bonds is 8. The molecule has 1 saturated heterocycles. The molecule has 5 aromatic rings. The zero-order chi connectivity index (χ0) is 31.7. The lowest BCUT2D eigenvalue weighted by Crippen LogP contribution is -2.57. The van der Waals surface area contributed by atoms with Crippen LogP contribution in [0.2, 0.25) is 0 Å². The zero-order valence-electron chi connectivity index (χ0n) is 26.7. The Morgan fingerprint density at radius 3 is 1.29 bits per heavy atom. The van der Waals surface area contributed by atoms with Crippen LogP contribution in [0.4, 0.5) is 0 Å². The molecule has 1 N–H and O–H groups in total. The highest BCUT2D eigenvalue weighted by atomic mass is 16.8. The summed E-state index contributed by atoms with van der Waals surface area (Å²) >= 11 is 0. The highest BCUT2D eigenvalue weighted by Gasteiger charge is 2.63. The Bertz CT molecular complexity index is 1600. The second-order valence-electron chi connectivity index (χ2n) is 13.3. The van der Waals surface area contributed by atoms with Gasteiger partial charge in [0.1, 0.15) is 23.6 Å². The fourth-order valence-electron chi connectivity index (χ4n) is 6.49. The minimum Gasteiger partial charge on any atom is -0.475 e. The van der Waals surface area contributed by atoms with Gasteiger partial charge in [0.15, 0.2) is 11.4 Å². The average Bonchev–Trinajstić information content (AvgIpc) is 3.40. The SMILES string of the molecule is CC1(C)O[C@@H](C(O)(c2ccccc2)c2ccccc2)[C@H](C(Oc2ccc(C(C)(C)C)cc2)(c2ccccc2)c2ccccc2)O1. The van der Waals surface area contributed by atoms with E-state index in [4.69, 9.17) is 14.2 Å². The third kappa shape index (κ3) is 5.82. The van der Waals surface area contributed by atoms with Crippen LogP contribution in [-0.4, -0.2) is 23.1 Å². The number of aliphatic hydroxyl groups is 1. The molecule has 45 heavy (non-hydrogen) atoms. The van der Waals surface area contributed by atoms with Crippen LogP contribution in [0, 0.1) is 0 Å².